The highest BCUT2D eigenvalue weighted by atomic mass is 35.5. The number of hydrogen-bond donors (Lipinski definition) is 1. The van der Waals surface area contributed by atoms with Gasteiger partial charge >= 0.3 is 16.1 Å². The lowest BCUT2D eigenvalue weighted by Crippen LogP contribution is -2.34. The van der Waals surface area contributed by atoms with Crippen LogP contribution in [0.15, 0.2) is 40.2 Å². The van der Waals surface area contributed by atoms with Crippen LogP contribution in [0.25, 0.3) is 0 Å². The van der Waals surface area contributed by atoms with Crippen molar-refractivity contribution in [3.05, 3.63) is 45.6 Å². The summed E-state index contributed by atoms with van der Waals surface area (Å²) < 4.78 is 31.4. The zero-order valence-corrected chi connectivity index (χ0v) is 15.1. The fourth-order valence-electron chi connectivity index (χ4n) is 2.05. The molecule has 0 radical (unpaired) electrons. The summed E-state index contributed by atoms with van der Waals surface area (Å²) in [7, 11) is -2.60. The van der Waals surface area contributed by atoms with Gasteiger partial charge in [-0.1, -0.05) is 40.5 Å². The first-order valence-corrected chi connectivity index (χ1v) is 9.24. The standard InChI is InChI=1S/C14H14Cl2N2O5S/c1-22-14(19)13-12(16)11(18-23-24(2,20)21)7-10(17-13)8-3-5-9(15)6-4-8/h3-6,10,17H,7H2,1-2H3/b18-11-. The zero-order valence-electron chi connectivity index (χ0n) is 12.7. The van der Waals surface area contributed by atoms with Crippen LogP contribution in [0.3, 0.4) is 0 Å². The summed E-state index contributed by atoms with van der Waals surface area (Å²) in [6.07, 6.45) is 1.06. The SMILES string of the molecule is COC(=O)C1=C(Cl)/C(=N\OS(C)(=O)=O)CC(c2ccc(Cl)cc2)N1. The molecule has 1 N–H and O–H groups in total. The number of carbonyl (C=O) groups excluding carboxylic acids is 1. The minimum atomic E-state index is -3.80. The van der Waals surface area contributed by atoms with Crippen molar-refractivity contribution in [1.29, 1.82) is 0 Å². The number of methoxy groups -OCH3 is 1. The van der Waals surface area contributed by atoms with Crippen molar-refractivity contribution in [1.82, 2.24) is 5.32 Å². The summed E-state index contributed by atoms with van der Waals surface area (Å²) in [5.74, 6) is -0.703. The van der Waals surface area contributed by atoms with E-state index in [1.807, 2.05) is 0 Å². The number of oxime groups is 1. The summed E-state index contributed by atoms with van der Waals surface area (Å²) in [4.78, 5) is 11.9. The number of hydrogen-bond acceptors (Lipinski definition) is 7. The average Bonchev–Trinajstić information content (AvgIpc) is 2.53. The number of allylic oxidation sites excluding steroid dienone is 1. The van der Waals surface area contributed by atoms with Crippen LogP contribution < -0.4 is 5.32 Å². The second-order valence-corrected chi connectivity index (χ2v) is 7.32. The minimum absolute atomic E-state index is 0.0267. The normalized spacial score (nSPS) is 19.8. The van der Waals surface area contributed by atoms with Crippen molar-refractivity contribution in [2.24, 2.45) is 5.16 Å². The highest BCUT2D eigenvalue weighted by Crippen LogP contribution is 2.30. The van der Waals surface area contributed by atoms with Crippen LogP contribution in [0, 0.1) is 0 Å². The van der Waals surface area contributed by atoms with E-state index in [1.165, 1.54) is 7.11 Å². The molecule has 130 valence electrons. The van der Waals surface area contributed by atoms with Crippen LogP contribution in [0.1, 0.15) is 18.0 Å². The third kappa shape index (κ3) is 4.62. The molecule has 1 atom stereocenters. The fourth-order valence-corrected chi connectivity index (χ4v) is 2.65. The maximum absolute atomic E-state index is 11.9. The van der Waals surface area contributed by atoms with Crippen molar-refractivity contribution < 1.29 is 22.2 Å². The first-order chi connectivity index (χ1) is 11.2. The summed E-state index contributed by atoms with van der Waals surface area (Å²) in [6, 6.07) is 6.54. The minimum Gasteiger partial charge on any atom is -0.464 e. The Morgan fingerprint density at radius 1 is 1.29 bits per heavy atom. The predicted molar refractivity (Wildman–Crippen MR) is 90.2 cm³/mol. The lowest BCUT2D eigenvalue weighted by Gasteiger charge is -2.27. The number of carbonyl (C=O) groups is 1. The Hall–Kier alpha value is -1.77. The molecule has 0 bridgehead atoms. The molecule has 1 aliphatic heterocycles. The maximum atomic E-state index is 11.9. The van der Waals surface area contributed by atoms with Gasteiger partial charge in [-0.3, -0.25) is 4.28 Å². The van der Waals surface area contributed by atoms with E-state index in [0.29, 0.717) is 5.02 Å². The van der Waals surface area contributed by atoms with Crippen LogP contribution >= 0.6 is 23.2 Å². The summed E-state index contributed by atoms with van der Waals surface area (Å²) in [5, 5.41) is 7.02. The molecule has 24 heavy (non-hydrogen) atoms. The topological polar surface area (TPSA) is 94.1 Å². The number of nitrogens with zero attached hydrogens (tertiary/aromatic N) is 1. The van der Waals surface area contributed by atoms with Gasteiger partial charge in [-0.25, -0.2) is 4.79 Å². The molecule has 0 amide bonds. The van der Waals surface area contributed by atoms with E-state index in [1.54, 1.807) is 24.3 Å². The van der Waals surface area contributed by atoms with Crippen molar-refractivity contribution in [2.75, 3.05) is 13.4 Å². The zero-order chi connectivity index (χ0) is 17.9. The van der Waals surface area contributed by atoms with E-state index in [2.05, 4.69) is 19.5 Å². The van der Waals surface area contributed by atoms with Crippen LogP contribution in [0.2, 0.25) is 5.02 Å². The van der Waals surface area contributed by atoms with Crippen LogP contribution in [-0.2, 0) is 23.9 Å². The first-order valence-electron chi connectivity index (χ1n) is 6.67. The molecule has 1 aliphatic rings. The second kappa shape index (κ2) is 7.42. The van der Waals surface area contributed by atoms with Gasteiger partial charge in [0.2, 0.25) is 0 Å². The van der Waals surface area contributed by atoms with E-state index in [9.17, 15) is 13.2 Å². The largest absolute Gasteiger partial charge is 0.464 e. The number of rotatable bonds is 4. The molecule has 0 saturated carbocycles. The molecule has 0 fully saturated rings. The number of benzene rings is 1. The van der Waals surface area contributed by atoms with Crippen LogP contribution in [-0.4, -0.2) is 33.5 Å². The van der Waals surface area contributed by atoms with Crippen molar-refractivity contribution in [3.63, 3.8) is 0 Å². The van der Waals surface area contributed by atoms with Crippen LogP contribution in [0.5, 0.6) is 0 Å². The number of halogens is 2. The molecule has 1 unspecified atom stereocenters. The van der Waals surface area contributed by atoms with Crippen molar-refractivity contribution in [3.8, 4) is 0 Å². The monoisotopic (exact) mass is 392 g/mol. The quantitative estimate of drug-likeness (QED) is 0.623. The Morgan fingerprint density at radius 3 is 2.46 bits per heavy atom. The molecular weight excluding hydrogens is 379 g/mol. The van der Waals surface area contributed by atoms with E-state index >= 15 is 0 Å². The van der Waals surface area contributed by atoms with Gasteiger partial charge in [0.1, 0.15) is 11.4 Å². The molecule has 0 saturated heterocycles. The van der Waals surface area contributed by atoms with Gasteiger partial charge in [-0.2, -0.15) is 8.42 Å². The molecule has 1 aromatic rings. The fraction of sp³-hybridized carbons (Fsp3) is 0.286. The maximum Gasteiger partial charge on any atom is 0.355 e. The molecule has 0 aromatic heterocycles. The van der Waals surface area contributed by atoms with Gasteiger partial charge in [0.15, 0.2) is 0 Å². The summed E-state index contributed by atoms with van der Waals surface area (Å²) in [5.41, 5.74) is 0.888. The van der Waals surface area contributed by atoms with E-state index in [0.717, 1.165) is 11.8 Å². The lowest BCUT2D eigenvalue weighted by molar-refractivity contribution is -0.136. The molecular formula is C14H14Cl2N2O5S. The number of esters is 1. The number of ether oxygens (including phenoxy) is 1. The first kappa shape index (κ1) is 18.6. The van der Waals surface area contributed by atoms with Gasteiger partial charge in [0.25, 0.3) is 0 Å². The molecule has 7 nitrogen and oxygen atoms in total. The van der Waals surface area contributed by atoms with Gasteiger partial charge in [-0.15, -0.1) is 0 Å². The smallest absolute Gasteiger partial charge is 0.355 e. The number of nitrogens with one attached hydrogen (secondary N) is 1. The Kier molecular flexibility index (Phi) is 5.74. The van der Waals surface area contributed by atoms with Crippen molar-refractivity contribution in [2.45, 2.75) is 12.5 Å². The van der Waals surface area contributed by atoms with E-state index in [-0.39, 0.29) is 28.9 Å². The second-order valence-electron chi connectivity index (χ2n) is 4.95. The van der Waals surface area contributed by atoms with Crippen LogP contribution in [0.4, 0.5) is 0 Å². The molecule has 10 heteroatoms. The van der Waals surface area contributed by atoms with E-state index in [4.69, 9.17) is 23.2 Å². The van der Waals surface area contributed by atoms with Crippen molar-refractivity contribution >= 4 is 45.0 Å². The van der Waals surface area contributed by atoms with Gasteiger partial charge in [0, 0.05) is 11.4 Å². The average molecular weight is 393 g/mol. The highest BCUT2D eigenvalue weighted by Gasteiger charge is 2.30. The predicted octanol–water partition coefficient (Wildman–Crippen LogP) is 2.33. The third-order valence-corrected chi connectivity index (χ3v) is 4.14. The molecule has 0 aliphatic carbocycles. The van der Waals surface area contributed by atoms with Gasteiger partial charge in [-0.05, 0) is 17.7 Å². The van der Waals surface area contributed by atoms with Gasteiger partial charge < -0.3 is 10.1 Å². The summed E-state index contributed by atoms with van der Waals surface area (Å²) in [6.45, 7) is 0. The highest BCUT2D eigenvalue weighted by molar-refractivity contribution is 7.85. The molecule has 0 spiro atoms. The Balaban J connectivity index is 2.41. The molecule has 2 rings (SSSR count). The molecule has 1 aromatic carbocycles. The third-order valence-electron chi connectivity index (χ3n) is 3.13. The lowest BCUT2D eigenvalue weighted by atomic mass is 9.97. The Bertz CT molecular complexity index is 803. The Morgan fingerprint density at radius 2 is 1.92 bits per heavy atom. The van der Waals surface area contributed by atoms with E-state index < -0.39 is 16.1 Å². The summed E-state index contributed by atoms with van der Waals surface area (Å²) >= 11 is 12.0. The Labute approximate surface area is 149 Å². The van der Waals surface area contributed by atoms with Gasteiger partial charge in [0.05, 0.1) is 24.4 Å². The molecule has 1 heterocycles.